The lowest BCUT2D eigenvalue weighted by Crippen LogP contribution is -2.41. The van der Waals surface area contributed by atoms with Crippen molar-refractivity contribution in [2.24, 2.45) is 5.92 Å². The lowest BCUT2D eigenvalue weighted by molar-refractivity contribution is -0.120. The molecule has 7 heteroatoms. The zero-order valence-corrected chi connectivity index (χ0v) is 17.5. The molecule has 1 heterocycles. The zero-order chi connectivity index (χ0) is 20.1. The van der Waals surface area contributed by atoms with E-state index in [1.807, 2.05) is 31.2 Å². The zero-order valence-electron chi connectivity index (χ0n) is 15.9. The number of benzene rings is 2. The molecule has 28 heavy (non-hydrogen) atoms. The van der Waals surface area contributed by atoms with Gasteiger partial charge in [-0.25, -0.2) is 12.7 Å². The summed E-state index contributed by atoms with van der Waals surface area (Å²) in [5, 5.41) is 3.53. The minimum absolute atomic E-state index is 0.0345. The molecule has 0 aromatic heterocycles. The number of nitrogens with zero attached hydrogens (tertiary/aromatic N) is 1. The number of para-hydroxylation sites is 1. The fourth-order valence-electron chi connectivity index (χ4n) is 3.51. The summed E-state index contributed by atoms with van der Waals surface area (Å²) < 4.78 is 26.9. The molecule has 3 rings (SSSR count). The lowest BCUT2D eigenvalue weighted by atomic mass is 9.97. The summed E-state index contributed by atoms with van der Waals surface area (Å²) in [5.41, 5.74) is 2.60. The van der Waals surface area contributed by atoms with Crippen LogP contribution in [-0.4, -0.2) is 31.7 Å². The van der Waals surface area contributed by atoms with E-state index in [0.717, 1.165) is 17.7 Å². The van der Waals surface area contributed by atoms with E-state index in [1.54, 1.807) is 24.3 Å². The number of halogens is 1. The molecule has 2 aromatic carbocycles. The number of carbonyl (C=O) groups excluding carboxylic acids is 1. The first-order valence-corrected chi connectivity index (χ1v) is 11.5. The van der Waals surface area contributed by atoms with Gasteiger partial charge in [-0.15, -0.1) is 0 Å². The molecule has 1 amide bonds. The van der Waals surface area contributed by atoms with Gasteiger partial charge in [0.1, 0.15) is 0 Å². The summed E-state index contributed by atoms with van der Waals surface area (Å²) in [7, 11) is -3.43. The van der Waals surface area contributed by atoms with Gasteiger partial charge >= 0.3 is 0 Å². The van der Waals surface area contributed by atoms with Crippen LogP contribution in [0.25, 0.3) is 0 Å². The highest BCUT2D eigenvalue weighted by atomic mass is 35.5. The third-order valence-corrected chi connectivity index (χ3v) is 7.20. The quantitative estimate of drug-likeness (QED) is 0.765. The predicted molar refractivity (Wildman–Crippen MR) is 113 cm³/mol. The molecule has 1 aliphatic heterocycles. The Bertz CT molecular complexity index is 938. The van der Waals surface area contributed by atoms with Crippen LogP contribution in [0.5, 0.6) is 0 Å². The van der Waals surface area contributed by atoms with Gasteiger partial charge in [-0.3, -0.25) is 4.79 Å². The van der Waals surface area contributed by atoms with Crippen molar-refractivity contribution in [3.63, 3.8) is 0 Å². The largest absolute Gasteiger partial charge is 0.326 e. The van der Waals surface area contributed by atoms with Crippen molar-refractivity contribution in [1.29, 1.82) is 0 Å². The maximum absolute atomic E-state index is 12.7. The summed E-state index contributed by atoms with van der Waals surface area (Å²) in [6.07, 6.45) is 1.89. The Hall–Kier alpha value is -1.89. The smallest absolute Gasteiger partial charge is 0.227 e. The Morgan fingerprint density at radius 2 is 1.86 bits per heavy atom. The molecule has 0 atom stereocenters. The molecule has 0 aliphatic carbocycles. The van der Waals surface area contributed by atoms with Crippen LogP contribution < -0.4 is 5.32 Å². The number of amides is 1. The highest BCUT2D eigenvalue weighted by Crippen LogP contribution is 2.24. The molecule has 0 bridgehead atoms. The third-order valence-electron chi connectivity index (χ3n) is 5.11. The van der Waals surface area contributed by atoms with Gasteiger partial charge in [0.25, 0.3) is 0 Å². The van der Waals surface area contributed by atoms with Gasteiger partial charge in [0.15, 0.2) is 0 Å². The second-order valence-corrected chi connectivity index (χ2v) is 9.46. The fraction of sp³-hybridized carbons (Fsp3) is 0.381. The molecular weight excluding hydrogens is 396 g/mol. The summed E-state index contributed by atoms with van der Waals surface area (Å²) in [5.74, 6) is -0.288. The second kappa shape index (κ2) is 9.07. The maximum atomic E-state index is 12.7. The van der Waals surface area contributed by atoms with Crippen molar-refractivity contribution in [3.8, 4) is 0 Å². The number of piperidine rings is 1. The van der Waals surface area contributed by atoms with Crippen molar-refractivity contribution >= 4 is 33.2 Å². The van der Waals surface area contributed by atoms with Crippen molar-refractivity contribution in [2.75, 3.05) is 18.4 Å². The van der Waals surface area contributed by atoms with Crippen LogP contribution in [0.4, 0.5) is 5.69 Å². The van der Waals surface area contributed by atoms with Gasteiger partial charge in [0.05, 0.1) is 5.75 Å². The molecule has 0 spiro atoms. The molecule has 1 aliphatic rings. The van der Waals surface area contributed by atoms with Crippen LogP contribution in [0.2, 0.25) is 5.02 Å². The number of carbonyl (C=O) groups is 1. The molecule has 0 unspecified atom stereocenters. The van der Waals surface area contributed by atoms with Gasteiger partial charge in [-0.2, -0.15) is 0 Å². The highest BCUT2D eigenvalue weighted by Gasteiger charge is 2.31. The molecule has 2 aromatic rings. The van der Waals surface area contributed by atoms with Crippen LogP contribution in [0.3, 0.4) is 0 Å². The molecule has 150 valence electrons. The van der Waals surface area contributed by atoms with Crippen molar-refractivity contribution in [2.45, 2.75) is 31.9 Å². The molecule has 1 fully saturated rings. The van der Waals surface area contributed by atoms with Gasteiger partial charge in [-0.1, -0.05) is 48.9 Å². The second-order valence-electron chi connectivity index (χ2n) is 7.06. The van der Waals surface area contributed by atoms with E-state index in [1.165, 1.54) is 4.31 Å². The van der Waals surface area contributed by atoms with E-state index in [0.29, 0.717) is 36.5 Å². The molecule has 1 saturated heterocycles. The van der Waals surface area contributed by atoms with Crippen LogP contribution >= 0.6 is 11.6 Å². The lowest BCUT2D eigenvalue weighted by Gasteiger charge is -2.30. The number of aryl methyl sites for hydroxylation is 1. The monoisotopic (exact) mass is 420 g/mol. The van der Waals surface area contributed by atoms with Crippen molar-refractivity contribution < 1.29 is 13.2 Å². The number of hydrogen-bond donors (Lipinski definition) is 1. The van der Waals surface area contributed by atoms with Gasteiger partial charge in [0.2, 0.25) is 15.9 Å². The predicted octanol–water partition coefficient (Wildman–Crippen LogP) is 4.08. The summed E-state index contributed by atoms with van der Waals surface area (Å²) in [4.78, 5) is 12.6. The highest BCUT2D eigenvalue weighted by molar-refractivity contribution is 7.88. The van der Waals surface area contributed by atoms with Crippen LogP contribution in [0.15, 0.2) is 48.5 Å². The third kappa shape index (κ3) is 5.13. The molecule has 0 saturated carbocycles. The van der Waals surface area contributed by atoms with E-state index >= 15 is 0 Å². The first-order valence-electron chi connectivity index (χ1n) is 9.50. The Labute approximate surface area is 171 Å². The fourth-order valence-corrected chi connectivity index (χ4v) is 5.27. The van der Waals surface area contributed by atoms with Gasteiger partial charge < -0.3 is 5.32 Å². The number of anilines is 1. The number of nitrogens with one attached hydrogen (secondary N) is 1. The van der Waals surface area contributed by atoms with E-state index in [4.69, 9.17) is 11.6 Å². The Balaban J connectivity index is 1.58. The Morgan fingerprint density at radius 1 is 1.14 bits per heavy atom. The van der Waals surface area contributed by atoms with Gasteiger partial charge in [0, 0.05) is 29.7 Å². The van der Waals surface area contributed by atoms with E-state index < -0.39 is 10.0 Å². The van der Waals surface area contributed by atoms with E-state index in [2.05, 4.69) is 5.32 Å². The SMILES string of the molecule is CCc1ccccc1NC(=O)C1CCN(S(=O)(=O)Cc2cccc(Cl)c2)CC1. The number of sulfonamides is 1. The Morgan fingerprint density at radius 3 is 2.54 bits per heavy atom. The first kappa shape index (κ1) is 20.8. The molecule has 1 N–H and O–H groups in total. The topological polar surface area (TPSA) is 66.5 Å². The van der Waals surface area contributed by atoms with E-state index in [-0.39, 0.29) is 17.6 Å². The standard InChI is InChI=1S/C21H25ClN2O3S/c1-2-17-7-3-4-9-20(17)23-21(25)18-10-12-24(13-11-18)28(26,27)15-16-6-5-8-19(22)14-16/h3-9,14,18H,2,10-13,15H2,1H3,(H,23,25). The van der Waals surface area contributed by atoms with Crippen molar-refractivity contribution in [3.05, 3.63) is 64.7 Å². The minimum Gasteiger partial charge on any atom is -0.326 e. The molecule has 5 nitrogen and oxygen atoms in total. The molecular formula is C21H25ClN2O3S. The average molecular weight is 421 g/mol. The summed E-state index contributed by atoms with van der Waals surface area (Å²) in [6.45, 7) is 2.76. The number of hydrogen-bond acceptors (Lipinski definition) is 3. The van der Waals surface area contributed by atoms with Gasteiger partial charge in [-0.05, 0) is 48.6 Å². The first-order chi connectivity index (χ1) is 13.4. The Kier molecular flexibility index (Phi) is 6.75. The average Bonchev–Trinajstić information content (AvgIpc) is 2.68. The molecule has 0 radical (unpaired) electrons. The minimum atomic E-state index is -3.43. The summed E-state index contributed by atoms with van der Waals surface area (Å²) in [6, 6.07) is 14.7. The van der Waals surface area contributed by atoms with Crippen LogP contribution in [0, 0.1) is 5.92 Å². The van der Waals surface area contributed by atoms with E-state index in [9.17, 15) is 13.2 Å². The van der Waals surface area contributed by atoms with Crippen LogP contribution in [-0.2, 0) is 27.0 Å². The summed E-state index contributed by atoms with van der Waals surface area (Å²) >= 11 is 5.95. The number of rotatable bonds is 6. The normalized spacial score (nSPS) is 16.1. The maximum Gasteiger partial charge on any atom is 0.227 e. The van der Waals surface area contributed by atoms with Crippen molar-refractivity contribution in [1.82, 2.24) is 4.31 Å². The van der Waals surface area contributed by atoms with Crippen LogP contribution in [0.1, 0.15) is 30.9 Å².